The Bertz CT molecular complexity index is 1020. The third-order valence-corrected chi connectivity index (χ3v) is 5.31. The number of hydrogen-bond acceptors (Lipinski definition) is 3. The maximum Gasteiger partial charge on any atom is 0.244 e. The molecule has 1 fully saturated rings. The van der Waals surface area contributed by atoms with Crippen LogP contribution < -0.4 is 5.73 Å². The third kappa shape index (κ3) is 3.49. The van der Waals surface area contributed by atoms with Crippen LogP contribution in [0.15, 0.2) is 42.6 Å². The number of carbonyl (C=O) groups excluding carboxylic acids is 1. The van der Waals surface area contributed by atoms with E-state index in [0.717, 1.165) is 30.7 Å². The van der Waals surface area contributed by atoms with E-state index in [2.05, 4.69) is 5.10 Å². The van der Waals surface area contributed by atoms with Crippen LogP contribution in [0.2, 0.25) is 0 Å². The lowest BCUT2D eigenvalue weighted by Crippen LogP contribution is -2.35. The zero-order valence-electron chi connectivity index (χ0n) is 15.4. The molecule has 5 nitrogen and oxygen atoms in total. The largest absolute Gasteiger partial charge is 0.341 e. The molecule has 146 valence electrons. The number of nitrogens with zero attached hydrogens (tertiary/aromatic N) is 3. The van der Waals surface area contributed by atoms with Crippen LogP contribution in [0.4, 0.5) is 8.78 Å². The second-order valence-corrected chi connectivity index (χ2v) is 7.22. The van der Waals surface area contributed by atoms with Crippen molar-refractivity contribution in [1.29, 1.82) is 0 Å². The van der Waals surface area contributed by atoms with Gasteiger partial charge >= 0.3 is 0 Å². The van der Waals surface area contributed by atoms with Crippen molar-refractivity contribution < 1.29 is 13.6 Å². The Hall–Kier alpha value is -2.80. The minimum Gasteiger partial charge on any atom is -0.341 e. The maximum atomic E-state index is 14.4. The van der Waals surface area contributed by atoms with Crippen LogP contribution in [-0.2, 0) is 11.3 Å². The number of carbonyl (C=O) groups is 1. The van der Waals surface area contributed by atoms with Crippen molar-refractivity contribution in [2.75, 3.05) is 13.1 Å². The third-order valence-electron chi connectivity index (χ3n) is 5.31. The summed E-state index contributed by atoms with van der Waals surface area (Å²) in [6.45, 7) is 1.36. The molecule has 0 bridgehead atoms. The number of rotatable bonds is 3. The minimum atomic E-state index is -0.907. The number of para-hydroxylation sites is 1. The highest BCUT2D eigenvalue weighted by Gasteiger charge is 2.21. The summed E-state index contributed by atoms with van der Waals surface area (Å²) in [6, 6.07) is 9.55. The van der Waals surface area contributed by atoms with E-state index in [0.29, 0.717) is 24.2 Å². The first-order valence-corrected chi connectivity index (χ1v) is 9.47. The number of likely N-dealkylation sites (tertiary alicyclic amines) is 1. The van der Waals surface area contributed by atoms with Crippen LogP contribution in [0.1, 0.15) is 19.3 Å². The lowest BCUT2D eigenvalue weighted by atomic mass is 10.0. The molecule has 2 heterocycles. The van der Waals surface area contributed by atoms with Crippen LogP contribution in [0.5, 0.6) is 0 Å². The van der Waals surface area contributed by atoms with Crippen LogP contribution in [-0.4, -0.2) is 39.7 Å². The Labute approximate surface area is 161 Å². The second kappa shape index (κ2) is 7.67. The van der Waals surface area contributed by atoms with Gasteiger partial charge in [-0.05, 0) is 25.3 Å². The highest BCUT2D eigenvalue weighted by atomic mass is 19.2. The van der Waals surface area contributed by atoms with Gasteiger partial charge in [-0.3, -0.25) is 9.48 Å². The van der Waals surface area contributed by atoms with Crippen LogP contribution >= 0.6 is 0 Å². The molecule has 2 N–H and O–H groups in total. The fraction of sp³-hybridized carbons (Fsp3) is 0.333. The number of amides is 1. The molecule has 0 saturated carbocycles. The maximum absolute atomic E-state index is 14.4. The number of hydrogen-bond donors (Lipinski definition) is 1. The summed E-state index contributed by atoms with van der Waals surface area (Å²) in [4.78, 5) is 14.6. The van der Waals surface area contributed by atoms with Gasteiger partial charge < -0.3 is 10.6 Å². The lowest BCUT2D eigenvalue weighted by Gasteiger charge is -2.21. The molecule has 7 heteroatoms. The van der Waals surface area contributed by atoms with Crippen LogP contribution in [0.25, 0.3) is 22.0 Å². The quantitative estimate of drug-likeness (QED) is 0.753. The molecule has 0 aliphatic carbocycles. The van der Waals surface area contributed by atoms with E-state index in [9.17, 15) is 13.6 Å². The van der Waals surface area contributed by atoms with Crippen LogP contribution in [0, 0.1) is 11.6 Å². The topological polar surface area (TPSA) is 64.2 Å². The summed E-state index contributed by atoms with van der Waals surface area (Å²) in [5.74, 6) is -1.86. The summed E-state index contributed by atoms with van der Waals surface area (Å²) in [7, 11) is 0. The molecule has 28 heavy (non-hydrogen) atoms. The summed E-state index contributed by atoms with van der Waals surface area (Å²) in [6.07, 6.45) is 4.22. The van der Waals surface area contributed by atoms with Crippen molar-refractivity contribution in [3.8, 4) is 11.1 Å². The number of aromatic nitrogens is 2. The molecule has 4 rings (SSSR count). The molecule has 1 aliphatic rings. The molecule has 0 unspecified atom stereocenters. The fourth-order valence-corrected chi connectivity index (χ4v) is 3.79. The average molecular weight is 384 g/mol. The normalized spacial score (nSPS) is 17.7. The summed E-state index contributed by atoms with van der Waals surface area (Å²) < 4.78 is 29.7. The Morgan fingerprint density at radius 3 is 2.75 bits per heavy atom. The standard InChI is InChI=1S/C21H22F2N4O/c22-18-8-2-6-16(20(18)23)17-7-1-4-14-12-25-27(21(14)17)13-19(28)26-10-3-5-15(24)9-11-26/h1-2,4,6-8,12,15H,3,5,9-11,13,24H2/t15-/m0/s1. The Balaban J connectivity index is 1.69. The van der Waals surface area contributed by atoms with Gasteiger partial charge in [-0.1, -0.05) is 30.3 Å². The molecule has 0 spiro atoms. The first-order valence-electron chi connectivity index (χ1n) is 9.47. The van der Waals surface area contributed by atoms with Gasteiger partial charge in [0.15, 0.2) is 11.6 Å². The van der Waals surface area contributed by atoms with E-state index in [1.54, 1.807) is 23.0 Å². The summed E-state index contributed by atoms with van der Waals surface area (Å²) in [5, 5.41) is 5.11. The zero-order chi connectivity index (χ0) is 19.7. The first-order chi connectivity index (χ1) is 13.5. The van der Waals surface area contributed by atoms with Crippen molar-refractivity contribution in [3.63, 3.8) is 0 Å². The molecule has 1 atom stereocenters. The van der Waals surface area contributed by atoms with E-state index in [-0.39, 0.29) is 24.1 Å². The van der Waals surface area contributed by atoms with Crippen molar-refractivity contribution in [1.82, 2.24) is 14.7 Å². The van der Waals surface area contributed by atoms with E-state index < -0.39 is 11.6 Å². The van der Waals surface area contributed by atoms with Gasteiger partial charge in [0.2, 0.25) is 5.91 Å². The van der Waals surface area contributed by atoms with E-state index in [1.165, 1.54) is 12.1 Å². The summed E-state index contributed by atoms with van der Waals surface area (Å²) >= 11 is 0. The fourth-order valence-electron chi connectivity index (χ4n) is 3.79. The van der Waals surface area contributed by atoms with Crippen LogP contribution in [0.3, 0.4) is 0 Å². The Morgan fingerprint density at radius 1 is 1.11 bits per heavy atom. The molecule has 1 aliphatic heterocycles. The van der Waals surface area contributed by atoms with Crippen molar-refractivity contribution >= 4 is 16.8 Å². The molecular formula is C21H22F2N4O. The smallest absolute Gasteiger partial charge is 0.244 e. The molecule has 1 amide bonds. The highest BCUT2D eigenvalue weighted by molar-refractivity contribution is 5.94. The number of nitrogens with two attached hydrogens (primary N) is 1. The highest BCUT2D eigenvalue weighted by Crippen LogP contribution is 2.31. The van der Waals surface area contributed by atoms with Crippen molar-refractivity contribution in [2.24, 2.45) is 5.73 Å². The SMILES string of the molecule is N[C@H]1CCCN(C(=O)Cn2ncc3cccc(-c4cccc(F)c4F)c32)CC1. The molecule has 1 saturated heterocycles. The number of fused-ring (bicyclic) bond motifs is 1. The first kappa shape index (κ1) is 18.6. The van der Waals surface area contributed by atoms with Gasteiger partial charge in [0.25, 0.3) is 0 Å². The van der Waals surface area contributed by atoms with Gasteiger partial charge in [0.05, 0.1) is 11.7 Å². The Kier molecular flexibility index (Phi) is 5.09. The van der Waals surface area contributed by atoms with Gasteiger partial charge in [-0.25, -0.2) is 8.78 Å². The van der Waals surface area contributed by atoms with E-state index in [1.807, 2.05) is 11.0 Å². The average Bonchev–Trinajstić information content (AvgIpc) is 2.96. The molecule has 3 aromatic rings. The minimum absolute atomic E-state index is 0.0476. The number of benzene rings is 2. The van der Waals surface area contributed by atoms with Crippen molar-refractivity contribution in [3.05, 3.63) is 54.2 Å². The Morgan fingerprint density at radius 2 is 1.89 bits per heavy atom. The van der Waals surface area contributed by atoms with Crippen molar-refractivity contribution in [2.45, 2.75) is 31.8 Å². The van der Waals surface area contributed by atoms with E-state index >= 15 is 0 Å². The monoisotopic (exact) mass is 384 g/mol. The zero-order valence-corrected chi connectivity index (χ0v) is 15.4. The van der Waals surface area contributed by atoms with Gasteiger partial charge in [-0.15, -0.1) is 0 Å². The molecular weight excluding hydrogens is 362 g/mol. The predicted octanol–water partition coefficient (Wildman–Crippen LogP) is 3.32. The molecule has 1 aromatic heterocycles. The molecule has 0 radical (unpaired) electrons. The summed E-state index contributed by atoms with van der Waals surface area (Å²) in [5.41, 5.74) is 7.28. The van der Waals surface area contributed by atoms with E-state index in [4.69, 9.17) is 5.73 Å². The van der Waals surface area contributed by atoms with Gasteiger partial charge in [-0.2, -0.15) is 5.10 Å². The van der Waals surface area contributed by atoms with Gasteiger partial charge in [0, 0.05) is 35.6 Å². The van der Waals surface area contributed by atoms with Gasteiger partial charge in [0.1, 0.15) is 6.54 Å². The lowest BCUT2D eigenvalue weighted by molar-refractivity contribution is -0.131. The number of halogens is 2. The molecule has 2 aromatic carbocycles. The second-order valence-electron chi connectivity index (χ2n) is 7.22. The predicted molar refractivity (Wildman–Crippen MR) is 103 cm³/mol.